The monoisotopic (exact) mass is 280 g/mol. The number of rotatable bonds is 4. The summed E-state index contributed by atoms with van der Waals surface area (Å²) < 4.78 is 20.0. The second kappa shape index (κ2) is 6.55. The fourth-order valence-electron chi connectivity index (χ4n) is 2.73. The van der Waals surface area contributed by atoms with Crippen LogP contribution in [0, 0.1) is 5.82 Å². The Morgan fingerprint density at radius 2 is 1.95 bits per heavy atom. The summed E-state index contributed by atoms with van der Waals surface area (Å²) in [6.07, 6.45) is 0.258. The van der Waals surface area contributed by atoms with Crippen molar-refractivity contribution in [3.05, 3.63) is 29.6 Å². The van der Waals surface area contributed by atoms with Gasteiger partial charge in [0.1, 0.15) is 5.82 Å². The van der Waals surface area contributed by atoms with Gasteiger partial charge in [0.2, 0.25) is 0 Å². The lowest BCUT2D eigenvalue weighted by atomic mass is 10.1. The van der Waals surface area contributed by atoms with Crippen LogP contribution in [-0.4, -0.2) is 31.3 Å². The Morgan fingerprint density at radius 1 is 1.30 bits per heavy atom. The maximum Gasteiger partial charge on any atom is 0.146 e. The van der Waals surface area contributed by atoms with Crippen molar-refractivity contribution in [1.29, 1.82) is 0 Å². The van der Waals surface area contributed by atoms with Crippen molar-refractivity contribution in [3.63, 3.8) is 0 Å². The maximum absolute atomic E-state index is 14.3. The molecule has 1 fully saturated rings. The zero-order valence-electron chi connectivity index (χ0n) is 12.8. The summed E-state index contributed by atoms with van der Waals surface area (Å²) in [5, 5.41) is 3.37. The predicted octanol–water partition coefficient (Wildman–Crippen LogP) is 2.94. The van der Waals surface area contributed by atoms with Gasteiger partial charge in [0.25, 0.3) is 0 Å². The fraction of sp³-hybridized carbons (Fsp3) is 0.625. The summed E-state index contributed by atoms with van der Waals surface area (Å²) in [4.78, 5) is 2.12. The summed E-state index contributed by atoms with van der Waals surface area (Å²) in [6, 6.07) is 5.70. The van der Waals surface area contributed by atoms with E-state index in [4.69, 9.17) is 4.74 Å². The molecule has 1 aromatic rings. The summed E-state index contributed by atoms with van der Waals surface area (Å²) >= 11 is 0. The van der Waals surface area contributed by atoms with Gasteiger partial charge in [-0.25, -0.2) is 4.39 Å². The lowest BCUT2D eigenvalue weighted by Crippen LogP contribution is -2.46. The molecule has 0 saturated carbocycles. The second-order valence-electron chi connectivity index (χ2n) is 5.95. The molecule has 0 aromatic heterocycles. The van der Waals surface area contributed by atoms with Gasteiger partial charge in [-0.1, -0.05) is 26.0 Å². The van der Waals surface area contributed by atoms with Crippen LogP contribution in [0.2, 0.25) is 0 Å². The minimum absolute atomic E-state index is 0.129. The van der Waals surface area contributed by atoms with Crippen LogP contribution in [-0.2, 0) is 11.3 Å². The van der Waals surface area contributed by atoms with E-state index in [1.165, 1.54) is 0 Å². The molecule has 3 nitrogen and oxygen atoms in total. The van der Waals surface area contributed by atoms with Crippen molar-refractivity contribution < 1.29 is 9.13 Å². The molecule has 0 aliphatic carbocycles. The third-order valence-corrected chi connectivity index (χ3v) is 3.51. The highest BCUT2D eigenvalue weighted by Gasteiger charge is 2.25. The van der Waals surface area contributed by atoms with Crippen LogP contribution < -0.4 is 10.2 Å². The van der Waals surface area contributed by atoms with E-state index in [1.807, 2.05) is 19.9 Å². The quantitative estimate of drug-likeness (QED) is 0.917. The Kier molecular flexibility index (Phi) is 5.00. The van der Waals surface area contributed by atoms with Gasteiger partial charge in [0.05, 0.1) is 17.9 Å². The Bertz CT molecular complexity index is 440. The van der Waals surface area contributed by atoms with Gasteiger partial charge >= 0.3 is 0 Å². The topological polar surface area (TPSA) is 24.5 Å². The van der Waals surface area contributed by atoms with Crippen molar-refractivity contribution in [1.82, 2.24) is 5.32 Å². The number of hydrogen-bond donors (Lipinski definition) is 1. The van der Waals surface area contributed by atoms with E-state index >= 15 is 0 Å². The van der Waals surface area contributed by atoms with Crippen LogP contribution in [0.1, 0.15) is 33.3 Å². The van der Waals surface area contributed by atoms with E-state index in [9.17, 15) is 4.39 Å². The number of hydrogen-bond acceptors (Lipinski definition) is 3. The fourth-order valence-corrected chi connectivity index (χ4v) is 2.73. The van der Waals surface area contributed by atoms with Gasteiger partial charge in [-0.3, -0.25) is 0 Å². The molecular weight excluding hydrogens is 255 g/mol. The van der Waals surface area contributed by atoms with Gasteiger partial charge in [-0.15, -0.1) is 0 Å². The average molecular weight is 280 g/mol. The zero-order chi connectivity index (χ0) is 14.7. The molecule has 0 amide bonds. The minimum Gasteiger partial charge on any atom is -0.372 e. The van der Waals surface area contributed by atoms with Gasteiger partial charge in [0, 0.05) is 25.7 Å². The van der Waals surface area contributed by atoms with Crippen molar-refractivity contribution >= 4 is 5.69 Å². The lowest BCUT2D eigenvalue weighted by molar-refractivity contribution is -0.00544. The van der Waals surface area contributed by atoms with Crippen LogP contribution in [0.25, 0.3) is 0 Å². The molecule has 0 spiro atoms. The van der Waals surface area contributed by atoms with E-state index in [1.54, 1.807) is 12.1 Å². The molecule has 2 atom stereocenters. The van der Waals surface area contributed by atoms with E-state index in [0.29, 0.717) is 12.6 Å². The third-order valence-electron chi connectivity index (χ3n) is 3.51. The van der Waals surface area contributed by atoms with E-state index in [0.717, 1.165) is 24.3 Å². The first-order chi connectivity index (χ1) is 9.47. The number of morpholine rings is 1. The molecule has 1 N–H and O–H groups in total. The third kappa shape index (κ3) is 3.70. The van der Waals surface area contributed by atoms with Crippen molar-refractivity contribution in [3.8, 4) is 0 Å². The first-order valence-electron chi connectivity index (χ1n) is 7.38. The van der Waals surface area contributed by atoms with Gasteiger partial charge in [0.15, 0.2) is 0 Å². The molecule has 1 aromatic carbocycles. The first-order valence-corrected chi connectivity index (χ1v) is 7.38. The largest absolute Gasteiger partial charge is 0.372 e. The van der Waals surface area contributed by atoms with Gasteiger partial charge < -0.3 is 15.0 Å². The molecule has 0 bridgehead atoms. The average Bonchev–Trinajstić information content (AvgIpc) is 2.35. The van der Waals surface area contributed by atoms with E-state index < -0.39 is 0 Å². The van der Waals surface area contributed by atoms with Crippen LogP contribution in [0.4, 0.5) is 10.1 Å². The summed E-state index contributed by atoms with van der Waals surface area (Å²) in [6.45, 7) is 10.4. The Morgan fingerprint density at radius 3 is 2.55 bits per heavy atom. The SMILES string of the molecule is CC(C)NCc1cccc(F)c1N1CC(C)OC(C)C1. The van der Waals surface area contributed by atoms with Gasteiger partial charge in [-0.2, -0.15) is 0 Å². The van der Waals surface area contributed by atoms with Crippen molar-refractivity contribution in [2.75, 3.05) is 18.0 Å². The molecule has 1 saturated heterocycles. The second-order valence-corrected chi connectivity index (χ2v) is 5.95. The highest BCUT2D eigenvalue weighted by molar-refractivity contribution is 5.55. The molecule has 2 unspecified atom stereocenters. The first kappa shape index (κ1) is 15.3. The molecule has 0 radical (unpaired) electrons. The van der Waals surface area contributed by atoms with Gasteiger partial charge in [-0.05, 0) is 25.5 Å². The van der Waals surface area contributed by atoms with Crippen LogP contribution in [0.15, 0.2) is 18.2 Å². The van der Waals surface area contributed by atoms with Crippen LogP contribution in [0.3, 0.4) is 0 Å². The summed E-state index contributed by atoms with van der Waals surface area (Å²) in [5.41, 5.74) is 1.74. The molecule has 112 valence electrons. The molecule has 1 aliphatic heterocycles. The maximum atomic E-state index is 14.3. The highest BCUT2D eigenvalue weighted by atomic mass is 19.1. The Labute approximate surface area is 121 Å². The molecule has 4 heteroatoms. The number of nitrogens with one attached hydrogen (secondary N) is 1. The minimum atomic E-state index is -0.144. The van der Waals surface area contributed by atoms with Crippen LogP contribution >= 0.6 is 0 Å². The molecule has 1 heterocycles. The van der Waals surface area contributed by atoms with E-state index in [-0.39, 0.29) is 18.0 Å². The number of ether oxygens (including phenoxy) is 1. The normalized spacial score (nSPS) is 23.4. The van der Waals surface area contributed by atoms with E-state index in [2.05, 4.69) is 24.1 Å². The number of halogens is 1. The molecule has 20 heavy (non-hydrogen) atoms. The smallest absolute Gasteiger partial charge is 0.146 e. The number of para-hydroxylation sites is 1. The lowest BCUT2D eigenvalue weighted by Gasteiger charge is -2.38. The number of nitrogens with zero attached hydrogens (tertiary/aromatic N) is 1. The highest BCUT2D eigenvalue weighted by Crippen LogP contribution is 2.27. The van der Waals surface area contributed by atoms with Crippen molar-refractivity contribution in [2.24, 2.45) is 0 Å². The number of benzene rings is 1. The zero-order valence-corrected chi connectivity index (χ0v) is 12.8. The summed E-state index contributed by atoms with van der Waals surface area (Å²) in [5.74, 6) is -0.144. The summed E-state index contributed by atoms with van der Waals surface area (Å²) in [7, 11) is 0. The van der Waals surface area contributed by atoms with Crippen LogP contribution in [0.5, 0.6) is 0 Å². The Balaban J connectivity index is 2.24. The Hall–Kier alpha value is -1.13. The standard InChI is InChI=1S/C16H25FN2O/c1-11(2)18-8-14-6-5-7-15(17)16(14)19-9-12(3)20-13(4)10-19/h5-7,11-13,18H,8-10H2,1-4H3. The predicted molar refractivity (Wildman–Crippen MR) is 80.6 cm³/mol. The molecular formula is C16H25FN2O. The van der Waals surface area contributed by atoms with Crippen molar-refractivity contribution in [2.45, 2.75) is 52.5 Å². The molecule has 1 aliphatic rings. The number of anilines is 1. The molecule has 2 rings (SSSR count).